The molecule has 18 heavy (non-hydrogen) atoms. The minimum absolute atomic E-state index is 0.274. The summed E-state index contributed by atoms with van der Waals surface area (Å²) in [7, 11) is 0. The molecule has 1 atom stereocenters. The van der Waals surface area contributed by atoms with Gasteiger partial charge in [-0.15, -0.1) is 0 Å². The van der Waals surface area contributed by atoms with E-state index in [1.807, 2.05) is 6.07 Å². The smallest absolute Gasteiger partial charge is 0.137 e. The second kappa shape index (κ2) is 6.14. The first-order valence-corrected chi connectivity index (χ1v) is 6.94. The Hall–Kier alpha value is -1.15. The SMILES string of the molecule is CC(C)CC(=O)C1CCN(Cc2ccccc2)C1. The highest BCUT2D eigenvalue weighted by atomic mass is 16.1. The van der Waals surface area contributed by atoms with Gasteiger partial charge in [0.2, 0.25) is 0 Å². The van der Waals surface area contributed by atoms with Crippen LogP contribution in [0.4, 0.5) is 0 Å². The molecule has 1 saturated heterocycles. The molecule has 0 bridgehead atoms. The van der Waals surface area contributed by atoms with Crippen LogP contribution in [0.3, 0.4) is 0 Å². The van der Waals surface area contributed by atoms with Gasteiger partial charge >= 0.3 is 0 Å². The summed E-state index contributed by atoms with van der Waals surface area (Å²) in [6.07, 6.45) is 1.78. The van der Waals surface area contributed by atoms with Crippen molar-refractivity contribution in [3.63, 3.8) is 0 Å². The number of carbonyl (C=O) groups excluding carboxylic acids is 1. The van der Waals surface area contributed by atoms with Crippen molar-refractivity contribution in [1.29, 1.82) is 0 Å². The molecule has 1 unspecified atom stereocenters. The number of rotatable bonds is 5. The van der Waals surface area contributed by atoms with Crippen LogP contribution in [0.2, 0.25) is 0 Å². The second-order valence-corrected chi connectivity index (χ2v) is 5.77. The maximum Gasteiger partial charge on any atom is 0.137 e. The van der Waals surface area contributed by atoms with E-state index in [0.29, 0.717) is 11.7 Å². The van der Waals surface area contributed by atoms with E-state index in [2.05, 4.69) is 43.0 Å². The number of benzene rings is 1. The van der Waals surface area contributed by atoms with Gasteiger partial charge < -0.3 is 0 Å². The molecule has 1 aromatic carbocycles. The first-order valence-electron chi connectivity index (χ1n) is 6.94. The number of carbonyl (C=O) groups is 1. The topological polar surface area (TPSA) is 20.3 Å². The van der Waals surface area contributed by atoms with Gasteiger partial charge in [0, 0.05) is 25.4 Å². The molecular weight excluding hydrogens is 222 g/mol. The summed E-state index contributed by atoms with van der Waals surface area (Å²) in [6, 6.07) is 10.5. The molecule has 0 aliphatic carbocycles. The predicted molar refractivity (Wildman–Crippen MR) is 74.3 cm³/mol. The van der Waals surface area contributed by atoms with Crippen molar-refractivity contribution < 1.29 is 4.79 Å². The molecule has 0 radical (unpaired) electrons. The van der Waals surface area contributed by atoms with Crippen molar-refractivity contribution in [2.24, 2.45) is 11.8 Å². The van der Waals surface area contributed by atoms with Gasteiger partial charge in [0.1, 0.15) is 5.78 Å². The fourth-order valence-corrected chi connectivity index (χ4v) is 2.65. The van der Waals surface area contributed by atoms with Gasteiger partial charge in [0.15, 0.2) is 0 Å². The standard InChI is InChI=1S/C16H23NO/c1-13(2)10-16(18)15-8-9-17(12-15)11-14-6-4-3-5-7-14/h3-7,13,15H,8-12H2,1-2H3. The van der Waals surface area contributed by atoms with Crippen LogP contribution in [-0.4, -0.2) is 23.8 Å². The summed E-state index contributed by atoms with van der Waals surface area (Å²) in [5.74, 6) is 1.22. The third-order valence-corrected chi connectivity index (χ3v) is 3.59. The van der Waals surface area contributed by atoms with Crippen LogP contribution in [0.1, 0.15) is 32.3 Å². The maximum atomic E-state index is 12.0. The Morgan fingerprint density at radius 3 is 2.72 bits per heavy atom. The Bertz CT molecular complexity index is 385. The number of likely N-dealkylation sites (tertiary alicyclic amines) is 1. The molecule has 1 heterocycles. The fourth-order valence-electron chi connectivity index (χ4n) is 2.65. The quantitative estimate of drug-likeness (QED) is 0.794. The average molecular weight is 245 g/mol. The lowest BCUT2D eigenvalue weighted by Crippen LogP contribution is -2.23. The molecule has 0 spiro atoms. The molecule has 0 aromatic heterocycles. The molecule has 98 valence electrons. The lowest BCUT2D eigenvalue weighted by atomic mass is 9.96. The summed E-state index contributed by atoms with van der Waals surface area (Å²) in [5.41, 5.74) is 1.34. The molecule has 0 saturated carbocycles. The predicted octanol–water partition coefficient (Wildman–Crippen LogP) is 3.12. The van der Waals surface area contributed by atoms with E-state index in [1.54, 1.807) is 0 Å². The van der Waals surface area contributed by atoms with E-state index in [4.69, 9.17) is 0 Å². The largest absolute Gasteiger partial charge is 0.299 e. The molecule has 2 heteroatoms. The third-order valence-electron chi connectivity index (χ3n) is 3.59. The Labute approximate surface area is 110 Å². The summed E-state index contributed by atoms with van der Waals surface area (Å²) in [6.45, 7) is 7.22. The molecule has 2 nitrogen and oxygen atoms in total. The van der Waals surface area contributed by atoms with Gasteiger partial charge in [0.25, 0.3) is 0 Å². The molecule has 0 N–H and O–H groups in total. The van der Waals surface area contributed by atoms with Gasteiger partial charge in [0.05, 0.1) is 0 Å². The normalized spacial score (nSPS) is 20.5. The highest BCUT2D eigenvalue weighted by Crippen LogP contribution is 2.21. The van der Waals surface area contributed by atoms with Crippen molar-refractivity contribution in [3.8, 4) is 0 Å². The summed E-state index contributed by atoms with van der Waals surface area (Å²) >= 11 is 0. The van der Waals surface area contributed by atoms with Crippen molar-refractivity contribution in [1.82, 2.24) is 4.90 Å². The van der Waals surface area contributed by atoms with Gasteiger partial charge in [-0.2, -0.15) is 0 Å². The second-order valence-electron chi connectivity index (χ2n) is 5.77. The minimum Gasteiger partial charge on any atom is -0.299 e. The van der Waals surface area contributed by atoms with Crippen LogP contribution in [0.25, 0.3) is 0 Å². The summed E-state index contributed by atoms with van der Waals surface area (Å²) in [4.78, 5) is 14.4. The zero-order valence-electron chi connectivity index (χ0n) is 11.4. The van der Waals surface area contributed by atoms with Crippen LogP contribution in [0.5, 0.6) is 0 Å². The van der Waals surface area contributed by atoms with Gasteiger partial charge in [-0.25, -0.2) is 0 Å². The minimum atomic E-state index is 0.274. The van der Waals surface area contributed by atoms with Crippen molar-refractivity contribution >= 4 is 5.78 Å². The van der Waals surface area contributed by atoms with Crippen LogP contribution in [0, 0.1) is 11.8 Å². The number of nitrogens with zero attached hydrogens (tertiary/aromatic N) is 1. The zero-order chi connectivity index (χ0) is 13.0. The van der Waals surface area contributed by atoms with E-state index in [-0.39, 0.29) is 5.92 Å². The summed E-state index contributed by atoms with van der Waals surface area (Å²) in [5, 5.41) is 0. The first-order chi connectivity index (χ1) is 8.65. The Kier molecular flexibility index (Phi) is 4.54. The number of hydrogen-bond acceptors (Lipinski definition) is 2. The Balaban J connectivity index is 1.83. The molecule has 1 aliphatic rings. The van der Waals surface area contributed by atoms with Gasteiger partial charge in [-0.3, -0.25) is 9.69 Å². The molecule has 1 aliphatic heterocycles. The van der Waals surface area contributed by atoms with E-state index in [1.165, 1.54) is 5.56 Å². The van der Waals surface area contributed by atoms with Crippen molar-refractivity contribution in [2.45, 2.75) is 33.2 Å². The number of hydrogen-bond donors (Lipinski definition) is 0. The average Bonchev–Trinajstić information content (AvgIpc) is 2.78. The first kappa shape index (κ1) is 13.3. The van der Waals surface area contributed by atoms with E-state index >= 15 is 0 Å². The lowest BCUT2D eigenvalue weighted by molar-refractivity contribution is -0.123. The molecular formula is C16H23NO. The Morgan fingerprint density at radius 2 is 2.06 bits per heavy atom. The zero-order valence-corrected chi connectivity index (χ0v) is 11.4. The molecule has 1 fully saturated rings. The molecule has 0 amide bonds. The number of Topliss-reactive ketones (excluding diaryl/α,β-unsaturated/α-hetero) is 1. The highest BCUT2D eigenvalue weighted by Gasteiger charge is 2.27. The van der Waals surface area contributed by atoms with Crippen LogP contribution in [-0.2, 0) is 11.3 Å². The highest BCUT2D eigenvalue weighted by molar-refractivity contribution is 5.81. The van der Waals surface area contributed by atoms with Crippen molar-refractivity contribution in [3.05, 3.63) is 35.9 Å². The lowest BCUT2D eigenvalue weighted by Gasteiger charge is -2.16. The van der Waals surface area contributed by atoms with Crippen molar-refractivity contribution in [2.75, 3.05) is 13.1 Å². The van der Waals surface area contributed by atoms with Gasteiger partial charge in [-0.05, 0) is 24.4 Å². The van der Waals surface area contributed by atoms with Crippen LogP contribution >= 0.6 is 0 Å². The third kappa shape index (κ3) is 3.67. The van der Waals surface area contributed by atoms with Gasteiger partial charge in [-0.1, -0.05) is 44.2 Å². The van der Waals surface area contributed by atoms with E-state index in [9.17, 15) is 4.79 Å². The van der Waals surface area contributed by atoms with E-state index in [0.717, 1.165) is 32.5 Å². The summed E-state index contributed by atoms with van der Waals surface area (Å²) < 4.78 is 0. The van der Waals surface area contributed by atoms with Crippen LogP contribution in [0.15, 0.2) is 30.3 Å². The fraction of sp³-hybridized carbons (Fsp3) is 0.562. The molecule has 2 rings (SSSR count). The van der Waals surface area contributed by atoms with Crippen LogP contribution < -0.4 is 0 Å². The Morgan fingerprint density at radius 1 is 1.33 bits per heavy atom. The molecule has 1 aromatic rings. The number of ketones is 1. The van der Waals surface area contributed by atoms with E-state index < -0.39 is 0 Å². The maximum absolute atomic E-state index is 12.0. The monoisotopic (exact) mass is 245 g/mol.